The molecular formula is C37H39ClN4O5S. The molecule has 2 aliphatic rings. The average Bonchev–Trinajstić information content (AvgIpc) is 3.59. The van der Waals surface area contributed by atoms with Gasteiger partial charge in [0, 0.05) is 53.2 Å². The van der Waals surface area contributed by atoms with Crippen molar-refractivity contribution in [1.82, 2.24) is 19.7 Å². The Morgan fingerprint density at radius 3 is 2.38 bits per heavy atom. The van der Waals surface area contributed by atoms with Gasteiger partial charge in [-0.2, -0.15) is 5.10 Å². The van der Waals surface area contributed by atoms with Crippen LogP contribution in [0.3, 0.4) is 0 Å². The lowest BCUT2D eigenvalue weighted by Crippen LogP contribution is -2.47. The third-order valence-corrected chi connectivity index (χ3v) is 10.7. The summed E-state index contributed by atoms with van der Waals surface area (Å²) in [6, 6.07) is 15.8. The van der Waals surface area contributed by atoms with E-state index in [4.69, 9.17) is 31.2 Å². The van der Waals surface area contributed by atoms with Crippen molar-refractivity contribution in [2.45, 2.75) is 58.2 Å². The molecule has 11 heteroatoms. The minimum Gasteiger partial charge on any atom is -0.479 e. The monoisotopic (exact) mass is 686 g/mol. The quantitative estimate of drug-likeness (QED) is 0.186. The van der Waals surface area contributed by atoms with Crippen LogP contribution in [0, 0.1) is 12.8 Å². The molecule has 0 saturated carbocycles. The van der Waals surface area contributed by atoms with E-state index in [-0.39, 0.29) is 17.7 Å². The largest absolute Gasteiger partial charge is 0.479 e. The van der Waals surface area contributed by atoms with Crippen molar-refractivity contribution in [2.75, 3.05) is 26.3 Å². The molecule has 3 aromatic carbocycles. The van der Waals surface area contributed by atoms with Gasteiger partial charge in [0.25, 0.3) is 0 Å². The van der Waals surface area contributed by atoms with E-state index in [1.165, 1.54) is 0 Å². The lowest BCUT2D eigenvalue weighted by atomic mass is 9.90. The van der Waals surface area contributed by atoms with Crippen molar-refractivity contribution in [1.29, 1.82) is 0 Å². The fraction of sp³-hybridized carbons (Fsp3) is 0.405. The molecule has 1 unspecified atom stereocenters. The number of thiazole rings is 1. The number of hydrogen-bond acceptors (Lipinski definition) is 7. The van der Waals surface area contributed by atoms with Crippen LogP contribution < -0.4 is 0 Å². The van der Waals surface area contributed by atoms with E-state index in [9.17, 15) is 14.7 Å². The number of aliphatic carboxylic acids is 1. The summed E-state index contributed by atoms with van der Waals surface area (Å²) in [5.74, 6) is -0.581. The highest BCUT2D eigenvalue weighted by atomic mass is 35.5. The summed E-state index contributed by atoms with van der Waals surface area (Å²) in [7, 11) is 1.97. The molecule has 5 aromatic rings. The standard InChI is InChI=1S/C37H39ClN4O5S/c1-20-16-27-33(30(21-6-9-25(38)10-7-21)29(20)32(36(44)45)47-37(2,3)4)48-34(39-27)23-8-11-28-26(17-23)31(40-41(28)5)22-12-14-42(15-13-22)35(43)24-18-46-19-24/h6-11,16-17,22,24,32H,12-15,18-19H2,1-5H3,(H,44,45). The number of aryl methyl sites for hydroxylation is 2. The topological polar surface area (TPSA) is 107 Å². The molecule has 2 saturated heterocycles. The zero-order chi connectivity index (χ0) is 33.9. The molecule has 1 atom stereocenters. The molecule has 0 spiro atoms. The molecule has 7 rings (SSSR count). The average molecular weight is 687 g/mol. The minimum atomic E-state index is -1.18. The molecule has 48 heavy (non-hydrogen) atoms. The van der Waals surface area contributed by atoms with Gasteiger partial charge in [0.05, 0.1) is 46.2 Å². The van der Waals surface area contributed by atoms with Gasteiger partial charge in [-0.1, -0.05) is 23.7 Å². The summed E-state index contributed by atoms with van der Waals surface area (Å²) in [6.07, 6.45) is 0.554. The number of piperidine rings is 1. The molecule has 2 fully saturated rings. The van der Waals surface area contributed by atoms with E-state index >= 15 is 0 Å². The molecule has 1 amide bonds. The van der Waals surface area contributed by atoms with Gasteiger partial charge in [0.2, 0.25) is 5.91 Å². The maximum atomic E-state index is 12.8. The molecule has 0 radical (unpaired) electrons. The van der Waals surface area contributed by atoms with Gasteiger partial charge in [0.1, 0.15) is 5.01 Å². The predicted octanol–water partition coefficient (Wildman–Crippen LogP) is 7.77. The van der Waals surface area contributed by atoms with Crippen LogP contribution in [0.15, 0.2) is 48.5 Å². The summed E-state index contributed by atoms with van der Waals surface area (Å²) in [4.78, 5) is 32.6. The van der Waals surface area contributed by atoms with Crippen LogP contribution in [-0.2, 0) is 26.1 Å². The van der Waals surface area contributed by atoms with E-state index in [1.54, 1.807) is 11.3 Å². The third-order valence-electron chi connectivity index (χ3n) is 9.33. The van der Waals surface area contributed by atoms with Crippen LogP contribution in [0.1, 0.15) is 62.5 Å². The van der Waals surface area contributed by atoms with E-state index < -0.39 is 17.7 Å². The van der Waals surface area contributed by atoms with Gasteiger partial charge in [-0.25, -0.2) is 9.78 Å². The van der Waals surface area contributed by atoms with Crippen LogP contribution in [0.25, 0.3) is 42.8 Å². The number of fused-ring (bicyclic) bond motifs is 2. The van der Waals surface area contributed by atoms with Crippen molar-refractivity contribution in [2.24, 2.45) is 13.0 Å². The Balaban J connectivity index is 1.30. The van der Waals surface area contributed by atoms with Crippen molar-refractivity contribution in [3.05, 3.63) is 70.4 Å². The van der Waals surface area contributed by atoms with E-state index in [1.807, 2.05) is 74.7 Å². The number of rotatable bonds is 7. The molecule has 2 aliphatic heterocycles. The minimum absolute atomic E-state index is 0.00898. The third kappa shape index (κ3) is 6.11. The number of halogens is 1. The number of carboxylic acids is 1. The van der Waals surface area contributed by atoms with Crippen molar-refractivity contribution in [3.63, 3.8) is 0 Å². The Hall–Kier alpha value is -3.83. The van der Waals surface area contributed by atoms with Crippen LogP contribution in [0.4, 0.5) is 0 Å². The summed E-state index contributed by atoms with van der Waals surface area (Å²) in [5, 5.41) is 17.9. The molecule has 2 aromatic heterocycles. The van der Waals surface area contributed by atoms with Crippen LogP contribution >= 0.6 is 22.9 Å². The normalized spacial score (nSPS) is 16.8. The second-order valence-electron chi connectivity index (χ2n) is 13.9. The molecule has 4 heterocycles. The van der Waals surface area contributed by atoms with Crippen LogP contribution in [-0.4, -0.2) is 68.6 Å². The predicted molar refractivity (Wildman–Crippen MR) is 189 cm³/mol. The maximum absolute atomic E-state index is 12.8. The lowest BCUT2D eigenvalue weighted by molar-refractivity contribution is -0.160. The number of carbonyl (C=O) groups excluding carboxylic acids is 1. The fourth-order valence-electron chi connectivity index (χ4n) is 6.90. The zero-order valence-corrected chi connectivity index (χ0v) is 29.3. The van der Waals surface area contributed by atoms with Crippen molar-refractivity contribution >= 4 is 55.9 Å². The molecule has 9 nitrogen and oxygen atoms in total. The first-order valence-electron chi connectivity index (χ1n) is 16.3. The number of nitrogens with zero attached hydrogens (tertiary/aromatic N) is 4. The number of carboxylic acid groups (broad SMARTS) is 1. The highest BCUT2D eigenvalue weighted by Gasteiger charge is 2.35. The number of hydrogen-bond donors (Lipinski definition) is 1. The van der Waals surface area contributed by atoms with Gasteiger partial charge in [-0.05, 0) is 88.1 Å². The Kier molecular flexibility index (Phi) is 8.56. The van der Waals surface area contributed by atoms with Gasteiger partial charge < -0.3 is 19.5 Å². The first kappa shape index (κ1) is 32.7. The second-order valence-corrected chi connectivity index (χ2v) is 15.3. The second kappa shape index (κ2) is 12.6. The fourth-order valence-corrected chi connectivity index (χ4v) is 8.15. The Morgan fingerprint density at radius 2 is 1.75 bits per heavy atom. The zero-order valence-electron chi connectivity index (χ0n) is 27.7. The number of carbonyl (C=O) groups is 2. The molecular weight excluding hydrogens is 648 g/mol. The number of aromatic nitrogens is 3. The van der Waals surface area contributed by atoms with Gasteiger partial charge in [0.15, 0.2) is 6.10 Å². The smallest absolute Gasteiger partial charge is 0.337 e. The number of amides is 1. The first-order chi connectivity index (χ1) is 22.9. The van der Waals surface area contributed by atoms with Crippen molar-refractivity contribution < 1.29 is 24.2 Å². The molecule has 250 valence electrons. The van der Waals surface area contributed by atoms with Crippen molar-refractivity contribution in [3.8, 4) is 21.7 Å². The van der Waals surface area contributed by atoms with E-state index in [0.717, 1.165) is 80.0 Å². The van der Waals surface area contributed by atoms with Gasteiger partial charge in [-0.3, -0.25) is 9.48 Å². The number of likely N-dealkylation sites (tertiary alicyclic amines) is 1. The summed E-state index contributed by atoms with van der Waals surface area (Å²) in [5.41, 5.74) is 6.22. The lowest BCUT2D eigenvalue weighted by Gasteiger charge is -2.36. The Labute approximate surface area is 288 Å². The molecule has 1 N–H and O–H groups in total. The highest BCUT2D eigenvalue weighted by Crippen LogP contribution is 2.45. The van der Waals surface area contributed by atoms with E-state index in [2.05, 4.69) is 18.2 Å². The first-order valence-corrected chi connectivity index (χ1v) is 17.5. The summed E-state index contributed by atoms with van der Waals surface area (Å²) in [6.45, 7) is 10.0. The van der Waals surface area contributed by atoms with E-state index in [0.29, 0.717) is 23.8 Å². The van der Waals surface area contributed by atoms with Crippen LogP contribution in [0.5, 0.6) is 0 Å². The van der Waals surface area contributed by atoms with Gasteiger partial charge in [-0.15, -0.1) is 11.3 Å². The maximum Gasteiger partial charge on any atom is 0.337 e. The highest BCUT2D eigenvalue weighted by molar-refractivity contribution is 7.22. The van der Waals surface area contributed by atoms with Crippen LogP contribution in [0.2, 0.25) is 5.02 Å². The Bertz CT molecular complexity index is 2040. The molecule has 0 bridgehead atoms. The number of benzene rings is 3. The SMILES string of the molecule is Cc1cc2nc(-c3ccc4c(c3)c(C3CCN(C(=O)C5COC5)CC3)nn4C)sc2c(-c2ccc(Cl)cc2)c1C(OC(C)(C)C)C(=O)O. The van der Waals surface area contributed by atoms with Gasteiger partial charge >= 0.3 is 5.97 Å². The molecule has 0 aliphatic carbocycles. The number of ether oxygens (including phenoxy) is 2. The summed E-state index contributed by atoms with van der Waals surface area (Å²) >= 11 is 7.82. The Morgan fingerprint density at radius 1 is 1.06 bits per heavy atom. The summed E-state index contributed by atoms with van der Waals surface area (Å²) < 4.78 is 14.2.